The Labute approximate surface area is 68.8 Å². The number of hydrogen-bond donors (Lipinski definition) is 0. The summed E-state index contributed by atoms with van der Waals surface area (Å²) in [4.78, 5) is 0. The molecule has 0 atom stereocenters. The van der Waals surface area contributed by atoms with Gasteiger partial charge in [-0.2, -0.15) is 0 Å². The zero-order valence-corrected chi connectivity index (χ0v) is 8.06. The summed E-state index contributed by atoms with van der Waals surface area (Å²) in [6, 6.07) is 0. The van der Waals surface area contributed by atoms with Gasteiger partial charge in [-0.3, -0.25) is 0 Å². The standard InChI is InChI=1S/C8H13ClSi/c1-10(9)7-6-8-4-2-3-5-8/h2-3,7-8H,4-6H2,1H3. The van der Waals surface area contributed by atoms with Gasteiger partial charge in [-0.05, 0) is 31.7 Å². The fourth-order valence-electron chi connectivity index (χ4n) is 1.20. The predicted octanol–water partition coefficient (Wildman–Crippen LogP) is 2.59. The van der Waals surface area contributed by atoms with Gasteiger partial charge in [-0.25, -0.2) is 0 Å². The predicted molar refractivity (Wildman–Crippen MR) is 50.0 cm³/mol. The molecule has 0 aromatic heterocycles. The van der Waals surface area contributed by atoms with Crippen molar-refractivity contribution >= 4 is 24.5 Å². The first-order valence-electron chi connectivity index (χ1n) is 3.76. The van der Waals surface area contributed by atoms with Crippen LogP contribution in [0.1, 0.15) is 19.3 Å². The molecule has 2 heteroatoms. The summed E-state index contributed by atoms with van der Waals surface area (Å²) in [5.74, 6) is 0.874. The van der Waals surface area contributed by atoms with Crippen molar-refractivity contribution in [3.63, 3.8) is 0 Å². The van der Waals surface area contributed by atoms with Gasteiger partial charge in [-0.15, -0.1) is 11.1 Å². The van der Waals surface area contributed by atoms with E-state index in [0.29, 0.717) is 0 Å². The fraction of sp³-hybridized carbons (Fsp3) is 0.625. The second-order valence-corrected chi connectivity index (χ2v) is 6.21. The van der Waals surface area contributed by atoms with Crippen molar-refractivity contribution in [1.82, 2.24) is 0 Å². The maximum atomic E-state index is 5.88. The Kier molecular flexibility index (Phi) is 3.36. The van der Waals surface area contributed by atoms with Gasteiger partial charge in [0.05, 0.1) is 0 Å². The van der Waals surface area contributed by atoms with Crippen LogP contribution in [0.4, 0.5) is 0 Å². The summed E-state index contributed by atoms with van der Waals surface area (Å²) in [5.41, 5.74) is 2.30. The van der Waals surface area contributed by atoms with Crippen LogP contribution in [0.3, 0.4) is 0 Å². The van der Waals surface area contributed by atoms with E-state index in [1.807, 2.05) is 0 Å². The highest BCUT2D eigenvalue weighted by Gasteiger charge is 2.07. The Balaban J connectivity index is 2.21. The van der Waals surface area contributed by atoms with E-state index >= 15 is 0 Å². The van der Waals surface area contributed by atoms with E-state index in [0.717, 1.165) is 5.92 Å². The largest absolute Gasteiger partial charge is 0.140 e. The summed E-state index contributed by atoms with van der Waals surface area (Å²) in [6.07, 6.45) is 8.30. The van der Waals surface area contributed by atoms with Gasteiger partial charge in [0.1, 0.15) is 7.72 Å². The lowest BCUT2D eigenvalue weighted by molar-refractivity contribution is 0.603. The molecule has 0 heterocycles. The monoisotopic (exact) mass is 172 g/mol. The number of halogens is 1. The number of allylic oxidation sites excluding steroid dienone is 2. The molecule has 0 spiro atoms. The van der Waals surface area contributed by atoms with Crippen LogP contribution in [0.2, 0.25) is 6.55 Å². The van der Waals surface area contributed by atoms with Crippen molar-refractivity contribution < 1.29 is 0 Å². The lowest BCUT2D eigenvalue weighted by Gasteiger charge is -2.03. The molecule has 1 aliphatic carbocycles. The minimum absolute atomic E-state index is 0.602. The summed E-state index contributed by atoms with van der Waals surface area (Å²) < 4.78 is 0. The summed E-state index contributed by atoms with van der Waals surface area (Å²) in [7, 11) is -0.602. The molecule has 0 aromatic carbocycles. The average Bonchev–Trinajstić information content (AvgIpc) is 2.34. The maximum Gasteiger partial charge on any atom is 0.117 e. The third kappa shape index (κ3) is 2.80. The van der Waals surface area contributed by atoms with Crippen LogP contribution in [0.25, 0.3) is 0 Å². The second kappa shape index (κ2) is 4.09. The molecule has 0 nitrogen and oxygen atoms in total. The molecule has 0 saturated heterocycles. The van der Waals surface area contributed by atoms with Crippen molar-refractivity contribution in [2.45, 2.75) is 25.8 Å². The molecule has 10 heavy (non-hydrogen) atoms. The third-order valence-electron chi connectivity index (χ3n) is 1.84. The van der Waals surface area contributed by atoms with E-state index in [9.17, 15) is 0 Å². The number of rotatable bonds is 2. The number of hydrogen-bond acceptors (Lipinski definition) is 0. The van der Waals surface area contributed by atoms with Crippen LogP contribution in [0, 0.1) is 5.92 Å². The first-order valence-corrected chi connectivity index (χ1v) is 6.85. The molecule has 0 bridgehead atoms. The lowest BCUT2D eigenvalue weighted by atomic mass is 10.1. The Hall–Kier alpha value is 0.117. The van der Waals surface area contributed by atoms with E-state index in [-0.39, 0.29) is 0 Å². The highest BCUT2D eigenvalue weighted by Crippen LogP contribution is 2.19. The van der Waals surface area contributed by atoms with Crippen molar-refractivity contribution in [3.8, 4) is 0 Å². The molecule has 0 amide bonds. The average molecular weight is 173 g/mol. The minimum atomic E-state index is -0.602. The van der Waals surface area contributed by atoms with E-state index in [4.69, 9.17) is 11.1 Å². The Morgan fingerprint density at radius 2 is 2.20 bits per heavy atom. The highest BCUT2D eigenvalue weighted by atomic mass is 35.6. The quantitative estimate of drug-likeness (QED) is 0.341. The van der Waals surface area contributed by atoms with Crippen LogP contribution < -0.4 is 0 Å². The Morgan fingerprint density at radius 3 is 2.70 bits per heavy atom. The topological polar surface area (TPSA) is 0 Å². The van der Waals surface area contributed by atoms with Crippen molar-refractivity contribution in [3.05, 3.63) is 12.2 Å². The van der Waals surface area contributed by atoms with Crippen LogP contribution in [-0.2, 0) is 0 Å². The fourth-order valence-corrected chi connectivity index (χ4v) is 2.12. The molecule has 56 valence electrons. The molecular formula is C8H13ClSi. The summed E-state index contributed by atoms with van der Waals surface area (Å²) in [6.45, 7) is 2.12. The van der Waals surface area contributed by atoms with Gasteiger partial charge < -0.3 is 0 Å². The molecule has 0 unspecified atom stereocenters. The Bertz CT molecular complexity index is 149. The van der Waals surface area contributed by atoms with E-state index in [1.54, 1.807) is 0 Å². The summed E-state index contributed by atoms with van der Waals surface area (Å²) in [5, 5.41) is 0. The molecule has 0 saturated carbocycles. The van der Waals surface area contributed by atoms with Gasteiger partial charge in [0.25, 0.3) is 0 Å². The zero-order valence-electron chi connectivity index (χ0n) is 6.31. The molecule has 0 N–H and O–H groups in total. The SMILES string of the molecule is C[Si](Cl)=CCC1CC=CC1. The first-order chi connectivity index (χ1) is 4.79. The second-order valence-electron chi connectivity index (χ2n) is 2.84. The molecule has 0 aromatic rings. The zero-order chi connectivity index (χ0) is 7.40. The Morgan fingerprint density at radius 1 is 1.60 bits per heavy atom. The highest BCUT2D eigenvalue weighted by molar-refractivity contribution is 7.07. The van der Waals surface area contributed by atoms with Crippen molar-refractivity contribution in [2.75, 3.05) is 0 Å². The molecule has 1 rings (SSSR count). The van der Waals surface area contributed by atoms with E-state index in [2.05, 4.69) is 24.4 Å². The van der Waals surface area contributed by atoms with Gasteiger partial charge in [0, 0.05) is 0 Å². The molecule has 1 aliphatic rings. The summed E-state index contributed by atoms with van der Waals surface area (Å²) >= 11 is 5.88. The van der Waals surface area contributed by atoms with E-state index < -0.39 is 7.72 Å². The van der Waals surface area contributed by atoms with Gasteiger partial charge in [-0.1, -0.05) is 17.8 Å². The smallest absolute Gasteiger partial charge is 0.117 e. The van der Waals surface area contributed by atoms with Crippen molar-refractivity contribution in [2.24, 2.45) is 5.92 Å². The van der Waals surface area contributed by atoms with Crippen molar-refractivity contribution in [1.29, 1.82) is 0 Å². The molecule has 0 aliphatic heterocycles. The van der Waals surface area contributed by atoms with Gasteiger partial charge in [0.15, 0.2) is 0 Å². The normalized spacial score (nSPS) is 20.4. The molecule has 0 radical (unpaired) electrons. The maximum absolute atomic E-state index is 5.88. The molecular weight excluding hydrogens is 160 g/mol. The third-order valence-corrected chi connectivity index (χ3v) is 3.10. The molecule has 0 fully saturated rings. The first kappa shape index (κ1) is 8.22. The van der Waals surface area contributed by atoms with Gasteiger partial charge >= 0.3 is 0 Å². The van der Waals surface area contributed by atoms with Crippen LogP contribution >= 0.6 is 11.1 Å². The van der Waals surface area contributed by atoms with Gasteiger partial charge in [0.2, 0.25) is 0 Å². The van der Waals surface area contributed by atoms with Crippen LogP contribution in [0.15, 0.2) is 12.2 Å². The van der Waals surface area contributed by atoms with Crippen LogP contribution in [-0.4, -0.2) is 13.4 Å². The van der Waals surface area contributed by atoms with Crippen LogP contribution in [0.5, 0.6) is 0 Å². The lowest BCUT2D eigenvalue weighted by Crippen LogP contribution is -1.98. The minimum Gasteiger partial charge on any atom is -0.140 e. The van der Waals surface area contributed by atoms with E-state index in [1.165, 1.54) is 19.3 Å².